The second-order valence-corrected chi connectivity index (χ2v) is 8.19. The van der Waals surface area contributed by atoms with E-state index in [4.69, 9.17) is 0 Å². The van der Waals surface area contributed by atoms with Crippen molar-refractivity contribution in [1.29, 1.82) is 0 Å². The predicted octanol–water partition coefficient (Wildman–Crippen LogP) is 6.37. The number of halogens is 4. The van der Waals surface area contributed by atoms with E-state index in [-0.39, 0.29) is 11.8 Å². The fraction of sp³-hybridized carbons (Fsp3) is 0.667. The van der Waals surface area contributed by atoms with Crippen LogP contribution in [0, 0.1) is 34.1 Å². The number of rotatable bonds is 3. The van der Waals surface area contributed by atoms with Crippen LogP contribution in [0.15, 0.2) is 0 Å². The first-order chi connectivity index (χ1) is 9.81. The van der Waals surface area contributed by atoms with Gasteiger partial charge in [-0.15, -0.1) is 0 Å². The van der Waals surface area contributed by atoms with Crippen molar-refractivity contribution >= 4 is 0 Å². The summed E-state index contributed by atoms with van der Waals surface area (Å²) in [4.78, 5) is 0. The van der Waals surface area contributed by atoms with E-state index in [0.717, 1.165) is 0 Å². The largest absolute Gasteiger partial charge is 0.203 e. The Bertz CT molecular complexity index is 519. The topological polar surface area (TPSA) is 0 Å². The highest BCUT2D eigenvalue weighted by atomic mass is 19.2. The van der Waals surface area contributed by atoms with Crippen LogP contribution in [0.1, 0.15) is 71.9 Å². The summed E-state index contributed by atoms with van der Waals surface area (Å²) in [5.74, 6) is -5.65. The van der Waals surface area contributed by atoms with Crippen LogP contribution in [0.4, 0.5) is 17.6 Å². The summed E-state index contributed by atoms with van der Waals surface area (Å²) in [5, 5.41) is 0. The molecule has 1 unspecified atom stereocenters. The van der Waals surface area contributed by atoms with Crippen molar-refractivity contribution in [2.24, 2.45) is 10.8 Å². The normalized spacial score (nSPS) is 14.3. The molecule has 0 nitrogen and oxygen atoms in total. The minimum absolute atomic E-state index is 0.0920. The van der Waals surface area contributed by atoms with E-state index in [1.807, 2.05) is 41.5 Å². The highest BCUT2D eigenvalue weighted by Gasteiger charge is 2.37. The molecule has 0 radical (unpaired) electrons. The second-order valence-electron chi connectivity index (χ2n) is 8.19. The summed E-state index contributed by atoms with van der Waals surface area (Å²) in [6, 6.07) is 0. The lowest BCUT2D eigenvalue weighted by Crippen LogP contribution is -2.27. The van der Waals surface area contributed by atoms with Crippen LogP contribution in [0.3, 0.4) is 0 Å². The van der Waals surface area contributed by atoms with Gasteiger partial charge in [-0.1, -0.05) is 48.5 Å². The molecule has 0 spiro atoms. The molecule has 0 fully saturated rings. The maximum atomic E-state index is 14.5. The third kappa shape index (κ3) is 3.82. The molecule has 0 N–H and O–H groups in total. The van der Waals surface area contributed by atoms with Gasteiger partial charge in [0.05, 0.1) is 0 Å². The first-order valence-corrected chi connectivity index (χ1v) is 7.66. The van der Waals surface area contributed by atoms with E-state index in [1.165, 1.54) is 6.92 Å². The van der Waals surface area contributed by atoms with Crippen LogP contribution >= 0.6 is 0 Å². The average molecular weight is 318 g/mol. The van der Waals surface area contributed by atoms with E-state index < -0.39 is 45.7 Å². The summed E-state index contributed by atoms with van der Waals surface area (Å²) in [5.41, 5.74) is -1.74. The van der Waals surface area contributed by atoms with Gasteiger partial charge in [-0.25, -0.2) is 17.6 Å². The minimum atomic E-state index is -1.26. The lowest BCUT2D eigenvalue weighted by molar-refractivity contribution is 0.216. The van der Waals surface area contributed by atoms with Gasteiger partial charge in [0.25, 0.3) is 0 Å². The van der Waals surface area contributed by atoms with Gasteiger partial charge >= 0.3 is 0 Å². The van der Waals surface area contributed by atoms with Crippen LogP contribution in [-0.2, 0) is 6.42 Å². The molecule has 0 heterocycles. The van der Waals surface area contributed by atoms with E-state index in [9.17, 15) is 17.6 Å². The smallest absolute Gasteiger partial charge is 0.165 e. The van der Waals surface area contributed by atoms with Crippen molar-refractivity contribution in [3.63, 3.8) is 0 Å². The first kappa shape index (κ1) is 19.0. The molecule has 0 amide bonds. The lowest BCUT2D eigenvalue weighted by Gasteiger charge is -2.36. The Hall–Kier alpha value is -1.06. The Kier molecular flexibility index (Phi) is 5.36. The van der Waals surface area contributed by atoms with E-state index in [2.05, 4.69) is 0 Å². The molecule has 1 aromatic carbocycles. The molecule has 0 saturated heterocycles. The standard InChI is InChI=1S/C18H26F4/c1-8-10-13(19)15(21)12(16(22)14(10)20)11(18(5,6)7)9-17(2,3)4/h11H,8-9H2,1-7H3. The summed E-state index contributed by atoms with van der Waals surface area (Å²) >= 11 is 0. The van der Waals surface area contributed by atoms with Gasteiger partial charge in [0, 0.05) is 11.1 Å². The molecule has 1 atom stereocenters. The molecular formula is C18H26F4. The highest BCUT2D eigenvalue weighted by Crippen LogP contribution is 2.45. The molecular weight excluding hydrogens is 292 g/mol. The Labute approximate surface area is 130 Å². The summed E-state index contributed by atoms with van der Waals surface area (Å²) in [6.07, 6.45) is 0.333. The molecule has 1 rings (SSSR count). The SMILES string of the molecule is CCc1c(F)c(F)c(C(CC(C)(C)C)C(C)(C)C)c(F)c1F. The molecule has 0 bridgehead atoms. The molecule has 1 aromatic rings. The maximum absolute atomic E-state index is 14.5. The van der Waals surface area contributed by atoms with Gasteiger partial charge in [-0.2, -0.15) is 0 Å². The molecule has 22 heavy (non-hydrogen) atoms. The van der Waals surface area contributed by atoms with Crippen LogP contribution in [-0.4, -0.2) is 0 Å². The number of benzene rings is 1. The van der Waals surface area contributed by atoms with Crippen LogP contribution < -0.4 is 0 Å². The van der Waals surface area contributed by atoms with Crippen molar-refractivity contribution in [2.75, 3.05) is 0 Å². The maximum Gasteiger partial charge on any atom is 0.165 e. The molecule has 0 aliphatic carbocycles. The zero-order chi connectivity index (χ0) is 17.5. The number of hydrogen-bond donors (Lipinski definition) is 0. The zero-order valence-electron chi connectivity index (χ0n) is 14.5. The highest BCUT2D eigenvalue weighted by molar-refractivity contribution is 5.33. The Morgan fingerprint density at radius 2 is 1.18 bits per heavy atom. The fourth-order valence-electron chi connectivity index (χ4n) is 2.76. The van der Waals surface area contributed by atoms with E-state index in [1.54, 1.807) is 0 Å². The lowest BCUT2D eigenvalue weighted by atomic mass is 9.68. The Morgan fingerprint density at radius 3 is 1.45 bits per heavy atom. The Morgan fingerprint density at radius 1 is 0.773 bits per heavy atom. The van der Waals surface area contributed by atoms with Gasteiger partial charge in [0.1, 0.15) is 0 Å². The van der Waals surface area contributed by atoms with Crippen molar-refractivity contribution in [1.82, 2.24) is 0 Å². The van der Waals surface area contributed by atoms with Gasteiger partial charge in [-0.3, -0.25) is 0 Å². The minimum Gasteiger partial charge on any atom is -0.203 e. The third-order valence-corrected chi connectivity index (χ3v) is 3.95. The van der Waals surface area contributed by atoms with Crippen molar-refractivity contribution in [3.05, 3.63) is 34.4 Å². The summed E-state index contributed by atoms with van der Waals surface area (Å²) in [7, 11) is 0. The predicted molar refractivity (Wildman–Crippen MR) is 81.9 cm³/mol. The second kappa shape index (κ2) is 6.21. The van der Waals surface area contributed by atoms with Crippen LogP contribution in [0.5, 0.6) is 0 Å². The van der Waals surface area contributed by atoms with Crippen molar-refractivity contribution in [3.8, 4) is 0 Å². The van der Waals surface area contributed by atoms with Gasteiger partial charge in [-0.05, 0) is 29.6 Å². The summed E-state index contributed by atoms with van der Waals surface area (Å²) in [6.45, 7) is 12.8. The van der Waals surface area contributed by atoms with Crippen molar-refractivity contribution < 1.29 is 17.6 Å². The van der Waals surface area contributed by atoms with Gasteiger partial charge in [0.2, 0.25) is 0 Å². The monoisotopic (exact) mass is 318 g/mol. The quantitative estimate of drug-likeness (QED) is 0.448. The third-order valence-electron chi connectivity index (χ3n) is 3.95. The van der Waals surface area contributed by atoms with E-state index >= 15 is 0 Å². The fourth-order valence-corrected chi connectivity index (χ4v) is 2.76. The molecule has 4 heteroatoms. The average Bonchev–Trinajstić information content (AvgIpc) is 2.34. The molecule has 0 aliphatic heterocycles. The Balaban J connectivity index is 3.63. The van der Waals surface area contributed by atoms with Crippen molar-refractivity contribution in [2.45, 2.75) is 67.2 Å². The molecule has 0 saturated carbocycles. The molecule has 126 valence electrons. The first-order valence-electron chi connectivity index (χ1n) is 7.66. The molecule has 0 aliphatic rings. The van der Waals surface area contributed by atoms with Crippen LogP contribution in [0.25, 0.3) is 0 Å². The van der Waals surface area contributed by atoms with Crippen LogP contribution in [0.2, 0.25) is 0 Å². The zero-order valence-corrected chi connectivity index (χ0v) is 14.5. The molecule has 0 aromatic heterocycles. The number of hydrogen-bond acceptors (Lipinski definition) is 0. The van der Waals surface area contributed by atoms with E-state index in [0.29, 0.717) is 6.42 Å². The van der Waals surface area contributed by atoms with Gasteiger partial charge < -0.3 is 0 Å². The van der Waals surface area contributed by atoms with Gasteiger partial charge in [0.15, 0.2) is 23.3 Å². The summed E-state index contributed by atoms with van der Waals surface area (Å²) < 4.78 is 57.1.